The van der Waals surface area contributed by atoms with E-state index in [1.807, 2.05) is 6.07 Å². The number of thiophene rings is 1. The smallest absolute Gasteiger partial charge is 0.146 e. The highest BCUT2D eigenvalue weighted by atomic mass is 32.1. The van der Waals surface area contributed by atoms with Crippen LogP contribution < -0.4 is 0 Å². The third-order valence-electron chi connectivity index (χ3n) is 3.66. The second kappa shape index (κ2) is 5.81. The Morgan fingerprint density at radius 2 is 2.15 bits per heavy atom. The molecule has 0 saturated carbocycles. The van der Waals surface area contributed by atoms with E-state index in [1.54, 1.807) is 11.3 Å². The van der Waals surface area contributed by atoms with Crippen molar-refractivity contribution in [1.29, 1.82) is 0 Å². The number of rotatable bonds is 6. The van der Waals surface area contributed by atoms with E-state index in [-0.39, 0.29) is 0 Å². The van der Waals surface area contributed by atoms with Gasteiger partial charge in [-0.2, -0.15) is 0 Å². The molecule has 0 radical (unpaired) electrons. The first-order valence-electron chi connectivity index (χ1n) is 7.03. The molecule has 0 bridgehead atoms. The van der Waals surface area contributed by atoms with Gasteiger partial charge in [-0.15, -0.1) is 11.3 Å². The van der Waals surface area contributed by atoms with Gasteiger partial charge in [0.15, 0.2) is 0 Å². The molecule has 0 unspecified atom stereocenters. The molecule has 0 aromatic carbocycles. The van der Waals surface area contributed by atoms with Crippen molar-refractivity contribution in [3.8, 4) is 5.69 Å². The number of nitrogens with zero attached hydrogens (tertiary/aromatic N) is 3. The van der Waals surface area contributed by atoms with E-state index in [0.29, 0.717) is 6.61 Å². The van der Waals surface area contributed by atoms with Crippen LogP contribution in [-0.4, -0.2) is 41.4 Å². The van der Waals surface area contributed by atoms with Crippen molar-refractivity contribution in [3.63, 3.8) is 0 Å². The van der Waals surface area contributed by atoms with Gasteiger partial charge in [-0.05, 0) is 36.7 Å². The van der Waals surface area contributed by atoms with Crippen molar-refractivity contribution >= 4 is 17.0 Å². The Hall–Kier alpha value is -1.59. The molecule has 0 fully saturated rings. The van der Waals surface area contributed by atoms with Gasteiger partial charge in [0.25, 0.3) is 0 Å². The van der Waals surface area contributed by atoms with Gasteiger partial charge in [0.1, 0.15) is 12.3 Å². The highest BCUT2D eigenvalue weighted by Crippen LogP contribution is 2.32. The Kier molecular flexibility index (Phi) is 3.89. The minimum atomic E-state index is 0.632. The van der Waals surface area contributed by atoms with Crippen LogP contribution in [0.1, 0.15) is 24.4 Å². The molecular formula is C15H19N3OS. The molecule has 0 saturated heterocycles. The highest BCUT2D eigenvalue weighted by molar-refractivity contribution is 7.13. The molecule has 0 atom stereocenters. The van der Waals surface area contributed by atoms with E-state index < -0.39 is 0 Å². The SMILES string of the molecule is CCN(CC)CCO/N=C1\c2sccc2-n2cccc21. The maximum Gasteiger partial charge on any atom is 0.146 e. The fourth-order valence-corrected chi connectivity index (χ4v) is 3.35. The van der Waals surface area contributed by atoms with Crippen molar-refractivity contribution in [2.45, 2.75) is 13.8 Å². The third kappa shape index (κ3) is 2.27. The van der Waals surface area contributed by atoms with Gasteiger partial charge in [-0.3, -0.25) is 0 Å². The lowest BCUT2D eigenvalue weighted by Gasteiger charge is -2.16. The Labute approximate surface area is 123 Å². The van der Waals surface area contributed by atoms with Gasteiger partial charge in [-0.1, -0.05) is 19.0 Å². The van der Waals surface area contributed by atoms with E-state index in [2.05, 4.69) is 52.2 Å². The summed E-state index contributed by atoms with van der Waals surface area (Å²) in [4.78, 5) is 9.07. The van der Waals surface area contributed by atoms with Crippen LogP contribution in [0.25, 0.3) is 5.69 Å². The first kappa shape index (κ1) is 13.4. The largest absolute Gasteiger partial charge is 0.394 e. The maximum absolute atomic E-state index is 5.54. The summed E-state index contributed by atoms with van der Waals surface area (Å²) in [6, 6.07) is 6.25. The summed E-state index contributed by atoms with van der Waals surface area (Å²) in [6.45, 7) is 7.98. The molecule has 1 aliphatic heterocycles. The summed E-state index contributed by atoms with van der Waals surface area (Å²) >= 11 is 1.71. The summed E-state index contributed by atoms with van der Waals surface area (Å²) in [7, 11) is 0. The lowest BCUT2D eigenvalue weighted by atomic mass is 10.2. The molecule has 2 aromatic heterocycles. The zero-order valence-electron chi connectivity index (χ0n) is 11.9. The van der Waals surface area contributed by atoms with E-state index >= 15 is 0 Å². The molecule has 3 rings (SSSR count). The summed E-state index contributed by atoms with van der Waals surface area (Å²) in [5.41, 5.74) is 3.29. The molecule has 0 aliphatic carbocycles. The fourth-order valence-electron chi connectivity index (χ4n) is 2.48. The molecule has 0 spiro atoms. The molecule has 0 amide bonds. The molecule has 2 aromatic rings. The van der Waals surface area contributed by atoms with Gasteiger partial charge in [0.05, 0.1) is 16.3 Å². The summed E-state index contributed by atoms with van der Waals surface area (Å²) in [5, 5.41) is 6.47. The van der Waals surface area contributed by atoms with Crippen LogP contribution in [0.3, 0.4) is 0 Å². The van der Waals surface area contributed by atoms with Crippen LogP contribution in [0.15, 0.2) is 34.9 Å². The Morgan fingerprint density at radius 1 is 1.30 bits per heavy atom. The first-order chi connectivity index (χ1) is 9.85. The quantitative estimate of drug-likeness (QED) is 0.516. The van der Waals surface area contributed by atoms with E-state index in [1.165, 1.54) is 10.6 Å². The van der Waals surface area contributed by atoms with Crippen LogP contribution in [-0.2, 0) is 4.84 Å². The van der Waals surface area contributed by atoms with Crippen LogP contribution in [0.2, 0.25) is 0 Å². The van der Waals surface area contributed by atoms with Gasteiger partial charge in [0, 0.05) is 12.7 Å². The van der Waals surface area contributed by atoms with Gasteiger partial charge in [0.2, 0.25) is 0 Å². The number of hydrogen-bond acceptors (Lipinski definition) is 4. The average Bonchev–Trinajstić information content (AvgIpc) is 3.14. The van der Waals surface area contributed by atoms with E-state index in [0.717, 1.165) is 31.0 Å². The van der Waals surface area contributed by atoms with Crippen molar-refractivity contribution in [1.82, 2.24) is 9.47 Å². The van der Waals surface area contributed by atoms with Crippen molar-refractivity contribution in [3.05, 3.63) is 40.3 Å². The minimum absolute atomic E-state index is 0.632. The van der Waals surface area contributed by atoms with Crippen LogP contribution in [0.4, 0.5) is 0 Å². The standard InChI is InChI=1S/C15H19N3OS/c1-3-17(4-2)9-10-19-16-14-12-6-5-8-18(12)13-7-11-20-15(13)14/h5-8,11H,3-4,9-10H2,1-2H3/b16-14-. The van der Waals surface area contributed by atoms with Crippen molar-refractivity contribution in [2.75, 3.05) is 26.2 Å². The number of hydrogen-bond donors (Lipinski definition) is 0. The van der Waals surface area contributed by atoms with Crippen molar-refractivity contribution in [2.24, 2.45) is 5.16 Å². The number of fused-ring (bicyclic) bond motifs is 3. The molecule has 5 heteroatoms. The normalized spacial score (nSPS) is 14.8. The number of aromatic nitrogens is 1. The molecule has 1 aliphatic rings. The summed E-state index contributed by atoms with van der Waals surface area (Å²) < 4.78 is 2.17. The first-order valence-corrected chi connectivity index (χ1v) is 7.91. The fraction of sp³-hybridized carbons (Fsp3) is 0.400. The predicted octanol–water partition coefficient (Wildman–Crippen LogP) is 2.96. The second-order valence-corrected chi connectivity index (χ2v) is 5.61. The Bertz CT molecular complexity index is 568. The summed E-state index contributed by atoms with van der Waals surface area (Å²) in [6.07, 6.45) is 2.07. The number of likely N-dealkylation sites (N-methyl/N-ethyl adjacent to an activating group) is 1. The maximum atomic E-state index is 5.54. The van der Waals surface area contributed by atoms with E-state index in [4.69, 9.17) is 4.84 Å². The van der Waals surface area contributed by atoms with E-state index in [9.17, 15) is 0 Å². The predicted molar refractivity (Wildman–Crippen MR) is 83.0 cm³/mol. The van der Waals surface area contributed by atoms with Crippen LogP contribution >= 0.6 is 11.3 Å². The Morgan fingerprint density at radius 3 is 2.95 bits per heavy atom. The highest BCUT2D eigenvalue weighted by Gasteiger charge is 2.26. The average molecular weight is 289 g/mol. The molecular weight excluding hydrogens is 270 g/mol. The lowest BCUT2D eigenvalue weighted by molar-refractivity contribution is 0.114. The molecule has 4 nitrogen and oxygen atoms in total. The van der Waals surface area contributed by atoms with Gasteiger partial charge < -0.3 is 14.3 Å². The zero-order chi connectivity index (χ0) is 13.9. The van der Waals surface area contributed by atoms with Crippen molar-refractivity contribution < 1.29 is 4.84 Å². The summed E-state index contributed by atoms with van der Waals surface area (Å²) in [5.74, 6) is 0. The molecule has 3 heterocycles. The second-order valence-electron chi connectivity index (χ2n) is 4.70. The zero-order valence-corrected chi connectivity index (χ0v) is 12.7. The van der Waals surface area contributed by atoms with Crippen LogP contribution in [0, 0.1) is 0 Å². The van der Waals surface area contributed by atoms with Crippen LogP contribution in [0.5, 0.6) is 0 Å². The molecule has 106 valence electrons. The topological polar surface area (TPSA) is 29.8 Å². The molecule has 20 heavy (non-hydrogen) atoms. The third-order valence-corrected chi connectivity index (χ3v) is 4.57. The minimum Gasteiger partial charge on any atom is -0.394 e. The molecule has 0 N–H and O–H groups in total. The lowest BCUT2D eigenvalue weighted by Crippen LogP contribution is -2.26. The van der Waals surface area contributed by atoms with Gasteiger partial charge in [-0.25, -0.2) is 0 Å². The monoisotopic (exact) mass is 289 g/mol. The Balaban J connectivity index is 1.71. The number of oxime groups is 1. The van der Waals surface area contributed by atoms with Gasteiger partial charge >= 0.3 is 0 Å².